The third-order valence-electron chi connectivity index (χ3n) is 0. The molecule has 0 atom stereocenters. The van der Waals surface area contributed by atoms with Crippen LogP contribution >= 0.6 is 0 Å². The van der Waals surface area contributed by atoms with Crippen LogP contribution in [0.4, 0.5) is 0 Å². The second-order valence-electron chi connectivity index (χ2n) is 0.750. The topological polar surface area (TPSA) is 190 Å². The van der Waals surface area contributed by atoms with Crippen LogP contribution in [0.25, 0.3) is 0 Å². The summed E-state index contributed by atoms with van der Waals surface area (Å²) in [6.07, 6.45) is 0. The molecule has 0 aliphatic heterocycles. The zero-order valence-electron chi connectivity index (χ0n) is 6.33. The van der Waals surface area contributed by atoms with Gasteiger partial charge < -0.3 is 42.2 Å². The fraction of sp³-hybridized carbons (Fsp3) is 0. The first-order valence-corrected chi connectivity index (χ1v) is 5.51. The Morgan fingerprint density at radius 1 is 0.500 bits per heavy atom. The molecule has 0 rings (SSSR count). The van der Waals surface area contributed by atoms with E-state index < -0.39 is 27.5 Å². The van der Waals surface area contributed by atoms with Crippen LogP contribution in [0.15, 0.2) is 0 Å². The maximum absolute atomic E-state index is 8.52. The van der Waals surface area contributed by atoms with Gasteiger partial charge in [0, 0.05) is 27.5 Å². The van der Waals surface area contributed by atoms with Crippen LogP contribution < -0.4 is 28.8 Å². The second-order valence-corrected chi connectivity index (χ2v) is 2.25. The molecule has 0 N–H and O–H groups in total. The predicted molar refractivity (Wildman–Crippen MR) is 59.4 cm³/mol. The first kappa shape index (κ1) is 56.7. The van der Waals surface area contributed by atoms with Crippen molar-refractivity contribution >= 4 is 224 Å². The molecule has 0 spiro atoms. The van der Waals surface area contributed by atoms with Gasteiger partial charge >= 0.3 is 197 Å². The molecule has 0 heterocycles. The molecule has 0 saturated carbocycles. The molecule has 0 amide bonds. The van der Waals surface area contributed by atoms with Crippen molar-refractivity contribution in [3.8, 4) is 0 Å². The summed E-state index contributed by atoms with van der Waals surface area (Å²) in [6.45, 7) is 0. The van der Waals surface area contributed by atoms with Crippen LogP contribution in [0.1, 0.15) is 0 Å². The van der Waals surface area contributed by atoms with Gasteiger partial charge in [-0.05, 0) is 0 Å². The quantitative estimate of drug-likeness (QED) is 0.349. The van der Waals surface area contributed by atoms with Gasteiger partial charge in [-0.25, -0.2) is 0 Å². The van der Waals surface area contributed by atoms with Gasteiger partial charge in [0.25, 0.3) is 0 Å². The Morgan fingerprint density at radius 2 is 0.500 bits per heavy atom. The first-order valence-electron chi connectivity index (χ1n) is 1.84. The molecule has 9 nitrogen and oxygen atoms in total. The first-order chi connectivity index (χ1) is 5.20. The van der Waals surface area contributed by atoms with E-state index in [0.717, 1.165) is 0 Å². The third kappa shape index (κ3) is 321. The summed E-state index contributed by atoms with van der Waals surface area (Å²) >= 11 is 0. The molecule has 0 aromatic heterocycles. The van der Waals surface area contributed by atoms with Crippen molar-refractivity contribution in [3.05, 3.63) is 0 Å². The van der Waals surface area contributed by atoms with E-state index in [1.54, 1.807) is 0 Å². The number of hydrogen-bond donors (Lipinski definition) is 0. The summed E-state index contributed by atoms with van der Waals surface area (Å²) in [7, 11) is -10.9. The van der Waals surface area contributed by atoms with Gasteiger partial charge in [-0.2, -0.15) is 0 Å². The van der Waals surface area contributed by atoms with Crippen molar-refractivity contribution in [2.45, 2.75) is 0 Å². The zero-order valence-corrected chi connectivity index (χ0v) is 11.6. The number of hydrogen-bond acceptors (Lipinski definition) is 9. The Bertz CT molecular complexity index is 133. The monoisotopic (exact) mass is 410 g/mol. The molecule has 18 heavy (non-hydrogen) atoms. The van der Waals surface area contributed by atoms with Gasteiger partial charge in [0.1, 0.15) is 0 Å². The van der Waals surface area contributed by atoms with Crippen molar-refractivity contribution in [3.63, 3.8) is 0 Å². The predicted octanol–water partition coefficient (Wildman–Crippen LogP) is -12.0. The molecule has 0 aromatic rings. The Kier molecular flexibility index (Phi) is 156. The minimum atomic E-state index is -3.63. The molecule has 0 aliphatic carbocycles. The van der Waals surface area contributed by atoms with Gasteiger partial charge in [0.2, 0.25) is 0 Å². The van der Waals surface area contributed by atoms with Crippen molar-refractivity contribution in [1.82, 2.24) is 0 Å². The molecule has 0 bridgehead atoms. The summed E-state index contributed by atoms with van der Waals surface area (Å²) in [5.41, 5.74) is 0. The van der Waals surface area contributed by atoms with E-state index in [-0.39, 0.29) is 197 Å². The Balaban J connectivity index is -0.00000000827. The molecular formula is H4Al2K2Na2O9Si3. The molecule has 18 heteroatoms. The van der Waals surface area contributed by atoms with E-state index in [2.05, 4.69) is 0 Å². The van der Waals surface area contributed by atoms with Gasteiger partial charge in [-0.15, -0.1) is 0 Å². The van der Waals surface area contributed by atoms with Crippen LogP contribution in [0.2, 0.25) is 0 Å². The van der Waals surface area contributed by atoms with E-state index in [1.165, 1.54) is 0 Å². The molecule has 0 aliphatic rings. The molecule has 0 radical (unpaired) electrons. The van der Waals surface area contributed by atoms with Crippen LogP contribution in [0.3, 0.4) is 0 Å². The Labute approximate surface area is 259 Å². The van der Waals surface area contributed by atoms with Crippen LogP contribution in [0.5, 0.6) is 0 Å². The molecule has 80 valence electrons. The summed E-state index contributed by atoms with van der Waals surface area (Å²) in [6, 6.07) is 0. The fourth-order valence-electron chi connectivity index (χ4n) is 0. The van der Waals surface area contributed by atoms with Crippen LogP contribution in [-0.2, 0) is 13.4 Å². The summed E-state index contributed by atoms with van der Waals surface area (Å²) in [5, 5.41) is 0. The number of rotatable bonds is 0. The van der Waals surface area contributed by atoms with Crippen molar-refractivity contribution in [1.29, 1.82) is 0 Å². The minimum absolute atomic E-state index is 0. The zero-order chi connectivity index (χ0) is 10.7. The van der Waals surface area contributed by atoms with E-state index in [1.807, 2.05) is 0 Å². The average Bonchev–Trinajstić information content (AvgIpc) is 1.54. The van der Waals surface area contributed by atoms with E-state index >= 15 is 0 Å². The van der Waals surface area contributed by atoms with Gasteiger partial charge in [0.15, 0.2) is 0 Å². The van der Waals surface area contributed by atoms with Crippen molar-refractivity contribution in [2.24, 2.45) is 0 Å². The molecule has 0 fully saturated rings. The maximum atomic E-state index is 8.52. The van der Waals surface area contributed by atoms with Gasteiger partial charge in [0.05, 0.1) is 0 Å². The standard InChI is InChI=1S/2Al.2K.2Na.3O3Si.4H/c;;;;;;3*1-4(2)3;;;;/q2*+3;;;;;3*-2;;;;. The van der Waals surface area contributed by atoms with Gasteiger partial charge in [-0.3, -0.25) is 0 Å². The van der Waals surface area contributed by atoms with Crippen LogP contribution in [-0.4, -0.2) is 224 Å². The van der Waals surface area contributed by atoms with Crippen molar-refractivity contribution < 1.29 is 42.2 Å². The van der Waals surface area contributed by atoms with Gasteiger partial charge in [-0.1, -0.05) is 0 Å². The van der Waals surface area contributed by atoms with E-state index in [0.29, 0.717) is 0 Å². The Hall–Kier alpha value is 5.19. The molecule has 0 unspecified atom stereocenters. The molecular weight excluding hydrogens is 406 g/mol. The SMILES string of the molecule is O=[Si]([O-])[O-].O=[Si]([O-])[O-].O=[Si]([O-])[O-].[Al+3].[Al+3].[KH].[KH].[NaH].[NaH]. The van der Waals surface area contributed by atoms with Crippen LogP contribution in [0, 0.1) is 0 Å². The summed E-state index contributed by atoms with van der Waals surface area (Å²) < 4.78 is 25.6. The van der Waals surface area contributed by atoms with E-state index in [4.69, 9.17) is 42.2 Å². The third-order valence-corrected chi connectivity index (χ3v) is 0. The fourth-order valence-corrected chi connectivity index (χ4v) is 0. The summed E-state index contributed by atoms with van der Waals surface area (Å²) in [4.78, 5) is 51.1. The van der Waals surface area contributed by atoms with Crippen molar-refractivity contribution in [2.75, 3.05) is 0 Å². The normalized spacial score (nSPS) is 4.00. The molecule has 0 saturated heterocycles. The summed E-state index contributed by atoms with van der Waals surface area (Å²) in [5.74, 6) is 0. The second kappa shape index (κ2) is 49.5. The molecule has 0 aromatic carbocycles. The average molecular weight is 410 g/mol. The Morgan fingerprint density at radius 3 is 0.500 bits per heavy atom. The van der Waals surface area contributed by atoms with E-state index in [9.17, 15) is 0 Å².